The van der Waals surface area contributed by atoms with E-state index in [1.807, 2.05) is 48.5 Å². The van der Waals surface area contributed by atoms with Gasteiger partial charge in [-0.05, 0) is 29.3 Å². The van der Waals surface area contributed by atoms with E-state index in [0.29, 0.717) is 24.5 Å². The predicted molar refractivity (Wildman–Crippen MR) is 102 cm³/mol. The molecule has 134 valence electrons. The maximum Gasteiger partial charge on any atom is 0.244 e. The molecule has 0 unspecified atom stereocenters. The fourth-order valence-electron chi connectivity index (χ4n) is 2.64. The Morgan fingerprint density at radius 1 is 1.12 bits per heavy atom. The van der Waals surface area contributed by atoms with Gasteiger partial charge in [-0.25, -0.2) is 0 Å². The summed E-state index contributed by atoms with van der Waals surface area (Å²) in [5.41, 5.74) is 5.97. The maximum atomic E-state index is 12.1. The minimum atomic E-state index is -0.106. The van der Waals surface area contributed by atoms with E-state index in [4.69, 9.17) is 11.6 Å². The normalized spacial score (nSPS) is 13.8. The number of nitrogens with zero attached hydrogens (tertiary/aromatic N) is 1. The number of amides is 2. The van der Waals surface area contributed by atoms with Crippen LogP contribution in [0.4, 0.5) is 0 Å². The lowest BCUT2D eigenvalue weighted by Crippen LogP contribution is -2.45. The molecule has 0 saturated carbocycles. The molecule has 2 aromatic rings. The summed E-state index contributed by atoms with van der Waals surface area (Å²) >= 11 is 5.84. The van der Waals surface area contributed by atoms with E-state index in [-0.39, 0.29) is 18.2 Å². The summed E-state index contributed by atoms with van der Waals surface area (Å²) in [6.07, 6.45) is 2.42. The van der Waals surface area contributed by atoms with Crippen LogP contribution < -0.4 is 10.7 Å². The number of carbonyl (C=O) groups is 2. The molecule has 0 aromatic heterocycles. The fraction of sp³-hybridized carbons (Fsp3) is 0.200. The summed E-state index contributed by atoms with van der Waals surface area (Å²) in [5, 5.41) is 5.02. The van der Waals surface area contributed by atoms with Crippen LogP contribution in [0.3, 0.4) is 0 Å². The van der Waals surface area contributed by atoms with Crippen molar-refractivity contribution in [1.82, 2.24) is 15.8 Å². The first-order valence-corrected chi connectivity index (χ1v) is 8.83. The summed E-state index contributed by atoms with van der Waals surface area (Å²) in [4.78, 5) is 24.1. The molecule has 0 atom stereocenters. The Labute approximate surface area is 157 Å². The van der Waals surface area contributed by atoms with Gasteiger partial charge in [-0.1, -0.05) is 54.1 Å². The first-order chi connectivity index (χ1) is 12.6. The summed E-state index contributed by atoms with van der Waals surface area (Å²) in [5.74, 6) is -0.152. The monoisotopic (exact) mass is 369 g/mol. The van der Waals surface area contributed by atoms with Crippen molar-refractivity contribution in [2.24, 2.45) is 0 Å². The standard InChI is InChI=1S/C20H20ClN3O2/c21-17-8-6-15(7-9-17)14-22-19(25)12-13-24-20(26)11-10-18(23-24)16-4-2-1-3-5-16/h1-10,23H,11-14H2,(H,22,25). The van der Waals surface area contributed by atoms with Crippen molar-refractivity contribution in [2.45, 2.75) is 19.4 Å². The van der Waals surface area contributed by atoms with Crippen LogP contribution in [0.2, 0.25) is 5.02 Å². The summed E-state index contributed by atoms with van der Waals surface area (Å²) in [6.45, 7) is 0.752. The van der Waals surface area contributed by atoms with Gasteiger partial charge in [0.25, 0.3) is 0 Å². The molecule has 0 radical (unpaired) electrons. The van der Waals surface area contributed by atoms with Crippen molar-refractivity contribution in [3.63, 3.8) is 0 Å². The number of hydrogen-bond donors (Lipinski definition) is 2. The van der Waals surface area contributed by atoms with E-state index < -0.39 is 0 Å². The van der Waals surface area contributed by atoms with Crippen LogP contribution in [0.5, 0.6) is 0 Å². The highest BCUT2D eigenvalue weighted by Gasteiger charge is 2.20. The Bertz CT molecular complexity index is 804. The van der Waals surface area contributed by atoms with E-state index in [1.54, 1.807) is 12.1 Å². The molecule has 0 fully saturated rings. The second kappa shape index (κ2) is 8.54. The molecular weight excluding hydrogens is 350 g/mol. The van der Waals surface area contributed by atoms with Gasteiger partial charge in [0.15, 0.2) is 0 Å². The maximum absolute atomic E-state index is 12.1. The van der Waals surface area contributed by atoms with E-state index in [1.165, 1.54) is 5.01 Å². The molecule has 2 aromatic carbocycles. The molecule has 0 spiro atoms. The summed E-state index contributed by atoms with van der Waals surface area (Å²) in [6, 6.07) is 17.1. The number of hydrogen-bond acceptors (Lipinski definition) is 3. The van der Waals surface area contributed by atoms with Crippen LogP contribution in [-0.2, 0) is 16.1 Å². The smallest absolute Gasteiger partial charge is 0.244 e. The third kappa shape index (κ3) is 4.86. The Balaban J connectivity index is 1.49. The number of nitrogens with one attached hydrogen (secondary N) is 2. The number of hydrazine groups is 1. The van der Waals surface area contributed by atoms with Gasteiger partial charge in [-0.3, -0.25) is 20.0 Å². The molecule has 5 nitrogen and oxygen atoms in total. The number of benzene rings is 2. The van der Waals surface area contributed by atoms with Gasteiger partial charge >= 0.3 is 0 Å². The first kappa shape index (κ1) is 18.0. The molecule has 2 amide bonds. The lowest BCUT2D eigenvalue weighted by molar-refractivity contribution is -0.133. The molecule has 2 N–H and O–H groups in total. The Morgan fingerprint density at radius 3 is 2.58 bits per heavy atom. The molecule has 6 heteroatoms. The van der Waals surface area contributed by atoms with Gasteiger partial charge in [0.05, 0.1) is 12.2 Å². The minimum Gasteiger partial charge on any atom is -0.352 e. The average Bonchev–Trinajstić information content (AvgIpc) is 2.67. The lowest BCUT2D eigenvalue weighted by atomic mass is 10.1. The molecule has 3 rings (SSSR count). The van der Waals surface area contributed by atoms with E-state index >= 15 is 0 Å². The van der Waals surface area contributed by atoms with Crippen molar-refractivity contribution in [3.05, 3.63) is 76.8 Å². The van der Waals surface area contributed by atoms with Crippen LogP contribution in [0, 0.1) is 0 Å². The van der Waals surface area contributed by atoms with E-state index in [9.17, 15) is 9.59 Å². The van der Waals surface area contributed by atoms with Crippen molar-refractivity contribution >= 4 is 29.1 Å². The highest BCUT2D eigenvalue weighted by atomic mass is 35.5. The topological polar surface area (TPSA) is 61.4 Å². The predicted octanol–water partition coefficient (Wildman–Crippen LogP) is 3.12. The van der Waals surface area contributed by atoms with Crippen molar-refractivity contribution < 1.29 is 9.59 Å². The summed E-state index contributed by atoms with van der Waals surface area (Å²) < 4.78 is 0. The molecule has 1 aliphatic rings. The molecule has 1 aliphatic heterocycles. The van der Waals surface area contributed by atoms with Gasteiger partial charge in [0.1, 0.15) is 0 Å². The SMILES string of the molecule is O=C(CCN1NC(c2ccccc2)=CCC1=O)NCc1ccc(Cl)cc1. The molecule has 0 aliphatic carbocycles. The second-order valence-electron chi connectivity index (χ2n) is 6.00. The number of carbonyl (C=O) groups excluding carboxylic acids is 2. The third-order valence-electron chi connectivity index (χ3n) is 4.09. The Hall–Kier alpha value is -2.79. The van der Waals surface area contributed by atoms with E-state index in [0.717, 1.165) is 16.8 Å². The molecule has 0 bridgehead atoms. The first-order valence-electron chi connectivity index (χ1n) is 8.45. The Kier molecular flexibility index (Phi) is 5.92. The van der Waals surface area contributed by atoms with Crippen LogP contribution in [0.15, 0.2) is 60.7 Å². The fourth-order valence-corrected chi connectivity index (χ4v) is 2.76. The second-order valence-corrected chi connectivity index (χ2v) is 6.43. The molecular formula is C20H20ClN3O2. The van der Waals surface area contributed by atoms with Crippen molar-refractivity contribution in [1.29, 1.82) is 0 Å². The zero-order chi connectivity index (χ0) is 18.4. The van der Waals surface area contributed by atoms with Gasteiger partial charge < -0.3 is 5.32 Å². The number of halogens is 1. The van der Waals surface area contributed by atoms with Gasteiger partial charge in [0.2, 0.25) is 11.8 Å². The van der Waals surface area contributed by atoms with Gasteiger partial charge in [0, 0.05) is 24.4 Å². The Morgan fingerprint density at radius 2 is 1.85 bits per heavy atom. The van der Waals surface area contributed by atoms with Crippen LogP contribution >= 0.6 is 11.6 Å². The average molecular weight is 370 g/mol. The largest absolute Gasteiger partial charge is 0.352 e. The zero-order valence-corrected chi connectivity index (χ0v) is 15.0. The highest BCUT2D eigenvalue weighted by Crippen LogP contribution is 2.17. The van der Waals surface area contributed by atoms with Crippen LogP contribution in [0.25, 0.3) is 5.70 Å². The minimum absolute atomic E-state index is 0.0461. The summed E-state index contributed by atoms with van der Waals surface area (Å²) in [7, 11) is 0. The van der Waals surface area contributed by atoms with Crippen molar-refractivity contribution in [2.75, 3.05) is 6.54 Å². The van der Waals surface area contributed by atoms with E-state index in [2.05, 4.69) is 10.7 Å². The molecule has 0 saturated heterocycles. The van der Waals surface area contributed by atoms with Crippen molar-refractivity contribution in [3.8, 4) is 0 Å². The highest BCUT2D eigenvalue weighted by molar-refractivity contribution is 6.30. The zero-order valence-electron chi connectivity index (χ0n) is 14.2. The van der Waals surface area contributed by atoms with Crippen LogP contribution in [0.1, 0.15) is 24.0 Å². The number of rotatable bonds is 6. The van der Waals surface area contributed by atoms with Gasteiger partial charge in [-0.2, -0.15) is 0 Å². The molecule has 1 heterocycles. The van der Waals surface area contributed by atoms with Crippen LogP contribution in [-0.4, -0.2) is 23.4 Å². The quantitative estimate of drug-likeness (QED) is 0.822. The lowest BCUT2D eigenvalue weighted by Gasteiger charge is -2.29. The van der Waals surface area contributed by atoms with Gasteiger partial charge in [-0.15, -0.1) is 0 Å². The third-order valence-corrected chi connectivity index (χ3v) is 4.34. The molecule has 26 heavy (non-hydrogen) atoms.